The molecule has 2 unspecified atom stereocenters. The van der Waals surface area contributed by atoms with Gasteiger partial charge in [0.25, 0.3) is 5.91 Å². The average Bonchev–Trinajstić information content (AvgIpc) is 2.81. The molecule has 1 aliphatic carbocycles. The second-order valence-electron chi connectivity index (χ2n) is 8.26. The van der Waals surface area contributed by atoms with E-state index in [2.05, 4.69) is 37.6 Å². The molecule has 0 radical (unpaired) electrons. The normalized spacial score (nSPS) is 16.8. The van der Waals surface area contributed by atoms with Crippen molar-refractivity contribution in [3.8, 4) is 0 Å². The van der Waals surface area contributed by atoms with Crippen LogP contribution >= 0.6 is 31.9 Å². The van der Waals surface area contributed by atoms with Crippen LogP contribution in [-0.4, -0.2) is 75.2 Å². The maximum absolute atomic E-state index is 13.5. The third-order valence-corrected chi connectivity index (χ3v) is 6.75. The van der Waals surface area contributed by atoms with Crippen molar-refractivity contribution in [2.45, 2.75) is 37.6 Å². The van der Waals surface area contributed by atoms with Crippen LogP contribution in [0.25, 0.3) is 0 Å². The van der Waals surface area contributed by atoms with Gasteiger partial charge in [-0.25, -0.2) is 0 Å². The molecule has 2 aromatic carbocycles. The van der Waals surface area contributed by atoms with Gasteiger partial charge in [0.1, 0.15) is 6.54 Å². The Kier molecular flexibility index (Phi) is 11.6. The summed E-state index contributed by atoms with van der Waals surface area (Å²) in [5.41, 5.74) is 5.49. The summed E-state index contributed by atoms with van der Waals surface area (Å²) in [7, 11) is -3.44. The summed E-state index contributed by atoms with van der Waals surface area (Å²) < 4.78 is 1.11. The molecule has 0 aliphatic heterocycles. The summed E-state index contributed by atoms with van der Waals surface area (Å²) in [6.45, 7) is -0.521. The molecule has 2 aromatic rings. The number of carboxylic acid groups (broad SMARTS) is 1. The predicted octanol–water partition coefficient (Wildman–Crippen LogP) is -0.0741. The van der Waals surface area contributed by atoms with Crippen molar-refractivity contribution >= 4 is 75.3 Å². The second-order valence-corrected chi connectivity index (χ2v) is 10.1. The maximum atomic E-state index is 13.5. The van der Waals surface area contributed by atoms with Crippen molar-refractivity contribution in [2.75, 3.05) is 6.54 Å². The lowest BCUT2D eigenvalue weighted by atomic mass is 9.74. The van der Waals surface area contributed by atoms with Crippen LogP contribution in [0.4, 0.5) is 0 Å². The molecule has 1 fully saturated rings. The van der Waals surface area contributed by atoms with E-state index in [0.29, 0.717) is 27.2 Å². The number of hydrogen-bond donors (Lipinski definition) is 6. The third-order valence-electron chi connectivity index (χ3n) is 5.83. The van der Waals surface area contributed by atoms with E-state index < -0.39 is 38.7 Å². The highest BCUT2D eigenvalue weighted by Crippen LogP contribution is 2.37. The number of benzene rings is 2. The van der Waals surface area contributed by atoms with Gasteiger partial charge in [-0.3, -0.25) is 14.4 Å². The molecule has 3 rings (SSSR count). The quantitative estimate of drug-likeness (QED) is 0.182. The van der Waals surface area contributed by atoms with Crippen molar-refractivity contribution in [1.29, 1.82) is 0 Å². The molecule has 14 heteroatoms. The monoisotopic (exact) mass is 626 g/mol. The van der Waals surface area contributed by atoms with Gasteiger partial charge in [0, 0.05) is 26.5 Å². The van der Waals surface area contributed by atoms with Crippen LogP contribution in [0.5, 0.6) is 0 Å². The van der Waals surface area contributed by atoms with Gasteiger partial charge >= 0.3 is 20.2 Å². The predicted molar refractivity (Wildman–Crippen MR) is 142 cm³/mol. The number of carboxylic acids is 1. The van der Waals surface area contributed by atoms with Crippen LogP contribution in [0.3, 0.4) is 0 Å². The van der Waals surface area contributed by atoms with Crippen LogP contribution in [0.1, 0.15) is 47.5 Å². The number of primary amides is 1. The summed E-state index contributed by atoms with van der Waals surface area (Å²) in [6.07, 6.45) is 3.23. The molecule has 0 bridgehead atoms. The minimum atomic E-state index is -1.78. The molecule has 2 atom stereocenters. The fourth-order valence-corrected chi connectivity index (χ4v) is 5.45. The Bertz CT molecular complexity index is 1090. The van der Waals surface area contributed by atoms with Crippen LogP contribution in [0.15, 0.2) is 45.3 Å². The molecular formula is C22H26B2Br2N2O8. The van der Waals surface area contributed by atoms with Gasteiger partial charge < -0.3 is 35.8 Å². The number of carbonyl (C=O) groups is 3. The summed E-state index contributed by atoms with van der Waals surface area (Å²) in [5, 5.41) is 48.0. The van der Waals surface area contributed by atoms with Crippen molar-refractivity contribution in [3.05, 3.63) is 56.5 Å². The number of aliphatic carboxylic acids is 1. The Hall–Kier alpha value is -2.22. The highest BCUT2D eigenvalue weighted by atomic mass is 79.9. The molecule has 0 saturated heterocycles. The van der Waals surface area contributed by atoms with E-state index in [-0.39, 0.29) is 23.4 Å². The number of carbonyl (C=O) groups excluding carboxylic acids is 2. The number of nitrogens with two attached hydrogens (primary N) is 1. The van der Waals surface area contributed by atoms with E-state index in [4.69, 9.17) is 4.79 Å². The Morgan fingerprint density at radius 2 is 1.47 bits per heavy atom. The van der Waals surface area contributed by atoms with Gasteiger partial charge in [-0.2, -0.15) is 0 Å². The topological polar surface area (TPSA) is 182 Å². The summed E-state index contributed by atoms with van der Waals surface area (Å²) in [6, 6.07) is 8.98. The molecule has 0 heterocycles. The summed E-state index contributed by atoms with van der Waals surface area (Å²) in [5.74, 6) is -1.91. The summed E-state index contributed by atoms with van der Waals surface area (Å²) in [4.78, 5) is 35.1. The molecular weight excluding hydrogens is 602 g/mol. The molecule has 10 nitrogen and oxygen atoms in total. The lowest BCUT2D eigenvalue weighted by molar-refractivity contribution is -0.138. The molecule has 1 aliphatic rings. The SMILES string of the molecule is NC=O.O=C(O)CN(C(=O)c1cc(Br)cc(B(O)O)c1)C1CCCCC1c1cc(Br)cc(B(O)O)c1. The lowest BCUT2D eigenvalue weighted by Gasteiger charge is -2.40. The molecule has 36 heavy (non-hydrogen) atoms. The fourth-order valence-electron chi connectivity index (χ4n) is 4.41. The van der Waals surface area contributed by atoms with E-state index >= 15 is 0 Å². The zero-order valence-electron chi connectivity index (χ0n) is 19.1. The zero-order chi connectivity index (χ0) is 27.0. The van der Waals surface area contributed by atoms with Gasteiger partial charge in [-0.15, -0.1) is 0 Å². The first kappa shape index (κ1) is 30.0. The van der Waals surface area contributed by atoms with Crippen LogP contribution in [0, 0.1) is 0 Å². The average molecular weight is 628 g/mol. The van der Waals surface area contributed by atoms with Crippen molar-refractivity contribution in [1.82, 2.24) is 4.90 Å². The molecule has 192 valence electrons. The third kappa shape index (κ3) is 8.15. The Morgan fingerprint density at radius 3 is 2.03 bits per heavy atom. The van der Waals surface area contributed by atoms with Crippen molar-refractivity contribution in [2.24, 2.45) is 5.73 Å². The maximum Gasteiger partial charge on any atom is 0.488 e. The van der Waals surface area contributed by atoms with Crippen LogP contribution in [0.2, 0.25) is 0 Å². The number of amides is 2. The smallest absolute Gasteiger partial charge is 0.480 e. The van der Waals surface area contributed by atoms with E-state index in [1.807, 2.05) is 6.07 Å². The first-order valence-corrected chi connectivity index (χ1v) is 12.6. The standard InChI is InChI=1S/C21H23B2Br2NO7.CH3NO/c24-16-7-12(5-14(9-16)22(30)31)18-3-1-2-4-19(18)26(11-20(27)28)21(29)13-6-15(23(32)33)10-17(25)8-13;2-1-3/h5-10,18-19,30-33H,1-4,11H2,(H,27,28);1H,(H2,2,3). The lowest BCUT2D eigenvalue weighted by Crippen LogP contribution is -2.48. The van der Waals surface area contributed by atoms with Crippen molar-refractivity contribution < 1.29 is 39.6 Å². The van der Waals surface area contributed by atoms with Gasteiger partial charge in [-0.1, -0.05) is 50.8 Å². The van der Waals surface area contributed by atoms with E-state index in [1.165, 1.54) is 23.1 Å². The zero-order valence-corrected chi connectivity index (χ0v) is 22.3. The minimum absolute atomic E-state index is 0.108. The van der Waals surface area contributed by atoms with E-state index in [0.717, 1.165) is 18.4 Å². The highest BCUT2D eigenvalue weighted by Gasteiger charge is 2.36. The summed E-state index contributed by atoms with van der Waals surface area (Å²) >= 11 is 6.65. The molecule has 0 aromatic heterocycles. The van der Waals surface area contributed by atoms with E-state index in [9.17, 15) is 34.8 Å². The van der Waals surface area contributed by atoms with Crippen molar-refractivity contribution in [3.63, 3.8) is 0 Å². The molecule has 2 amide bonds. The van der Waals surface area contributed by atoms with Gasteiger partial charge in [-0.05, 0) is 59.7 Å². The fraction of sp³-hybridized carbons (Fsp3) is 0.318. The number of hydrogen-bond acceptors (Lipinski definition) is 7. The van der Waals surface area contributed by atoms with Gasteiger partial charge in [0.2, 0.25) is 6.41 Å². The Labute approximate surface area is 225 Å². The second kappa shape index (κ2) is 13.9. The largest absolute Gasteiger partial charge is 0.488 e. The number of rotatable bonds is 7. The number of nitrogens with zero attached hydrogens (tertiary/aromatic N) is 1. The van der Waals surface area contributed by atoms with Crippen LogP contribution in [-0.2, 0) is 9.59 Å². The van der Waals surface area contributed by atoms with Gasteiger partial charge in [0.15, 0.2) is 0 Å². The first-order chi connectivity index (χ1) is 17.0. The Balaban J connectivity index is 0.00000145. The highest BCUT2D eigenvalue weighted by molar-refractivity contribution is 9.10. The first-order valence-electron chi connectivity index (χ1n) is 11.0. The molecule has 7 N–H and O–H groups in total. The van der Waals surface area contributed by atoms with E-state index in [1.54, 1.807) is 12.1 Å². The Morgan fingerprint density at radius 1 is 0.944 bits per heavy atom. The number of halogens is 2. The van der Waals surface area contributed by atoms with Crippen LogP contribution < -0.4 is 16.7 Å². The molecule has 0 spiro atoms. The minimum Gasteiger partial charge on any atom is -0.480 e. The molecule has 1 saturated carbocycles. The van der Waals surface area contributed by atoms with Gasteiger partial charge in [0.05, 0.1) is 0 Å².